The van der Waals surface area contributed by atoms with Crippen LogP contribution in [-0.2, 0) is 16.6 Å². The molecule has 1 amide bonds. The number of ether oxygens (including phenoxy) is 1. The summed E-state index contributed by atoms with van der Waals surface area (Å²) in [6.07, 6.45) is 1.42. The molecule has 0 saturated carbocycles. The van der Waals surface area contributed by atoms with Gasteiger partial charge in [-0.15, -0.1) is 0 Å². The summed E-state index contributed by atoms with van der Waals surface area (Å²) < 4.78 is 34.1. The molecule has 0 saturated heterocycles. The third kappa shape index (κ3) is 6.34. The first-order valence-corrected chi connectivity index (χ1v) is 13.6. The van der Waals surface area contributed by atoms with Gasteiger partial charge in [0.2, 0.25) is 0 Å². The lowest BCUT2D eigenvalue weighted by atomic mass is 10.1. The van der Waals surface area contributed by atoms with Gasteiger partial charge in [-0.3, -0.25) is 9.10 Å². The molecule has 0 fully saturated rings. The molecule has 4 aromatic carbocycles. The highest BCUT2D eigenvalue weighted by atomic mass is 35.5. The van der Waals surface area contributed by atoms with Crippen molar-refractivity contribution in [1.29, 1.82) is 0 Å². The number of benzene rings is 4. The van der Waals surface area contributed by atoms with Gasteiger partial charge in [-0.25, -0.2) is 13.8 Å². The van der Waals surface area contributed by atoms with Crippen LogP contribution in [0.2, 0.25) is 10.0 Å². The number of anilines is 1. The van der Waals surface area contributed by atoms with Crippen molar-refractivity contribution < 1.29 is 17.9 Å². The zero-order valence-electron chi connectivity index (χ0n) is 20.2. The fourth-order valence-corrected chi connectivity index (χ4v) is 5.40. The van der Waals surface area contributed by atoms with E-state index in [0.29, 0.717) is 21.4 Å². The highest BCUT2D eigenvalue weighted by Gasteiger charge is 2.28. The first-order chi connectivity index (χ1) is 18.3. The quantitative estimate of drug-likeness (QED) is 0.194. The molecular formula is C28H23Cl2N3O4S. The molecule has 38 heavy (non-hydrogen) atoms. The number of hydrogen-bond acceptors (Lipinski definition) is 5. The van der Waals surface area contributed by atoms with Crippen LogP contribution in [0.5, 0.6) is 5.75 Å². The highest BCUT2D eigenvalue weighted by molar-refractivity contribution is 7.92. The van der Waals surface area contributed by atoms with Crippen molar-refractivity contribution >= 4 is 51.0 Å². The fourth-order valence-electron chi connectivity index (χ4n) is 3.63. The smallest absolute Gasteiger partial charge is 0.273 e. The van der Waals surface area contributed by atoms with E-state index in [4.69, 9.17) is 27.9 Å². The first-order valence-electron chi connectivity index (χ1n) is 11.4. The molecule has 10 heteroatoms. The van der Waals surface area contributed by atoms with Crippen LogP contribution in [-0.4, -0.2) is 27.6 Å². The van der Waals surface area contributed by atoms with E-state index >= 15 is 0 Å². The number of rotatable bonds is 9. The van der Waals surface area contributed by atoms with Gasteiger partial charge < -0.3 is 4.74 Å². The second kappa shape index (κ2) is 12.1. The zero-order valence-corrected chi connectivity index (χ0v) is 22.5. The Bertz CT molecular complexity index is 1560. The van der Waals surface area contributed by atoms with Gasteiger partial charge in [-0.2, -0.15) is 5.10 Å². The standard InChI is InChI=1S/C28H23Cl2N3O4S/c1-37-22-12-14-23(15-13-22)38(35,36)33(19-20-7-3-2-4-8-20)27-10-6-5-9-24(27)28(34)32-31-18-21-11-16-25(29)26(30)17-21/h2-18H,19H2,1H3,(H,32,34)/b31-18-. The lowest BCUT2D eigenvalue weighted by Gasteiger charge is -2.26. The lowest BCUT2D eigenvalue weighted by Crippen LogP contribution is -2.33. The number of halogens is 2. The minimum Gasteiger partial charge on any atom is -0.497 e. The third-order valence-corrected chi connectivity index (χ3v) is 8.07. The fraction of sp³-hybridized carbons (Fsp3) is 0.0714. The number of methoxy groups -OCH3 is 1. The molecule has 0 heterocycles. The Morgan fingerprint density at radius 2 is 1.61 bits per heavy atom. The van der Waals surface area contributed by atoms with Crippen LogP contribution in [0.25, 0.3) is 0 Å². The topological polar surface area (TPSA) is 88.1 Å². The number of carbonyl (C=O) groups excluding carboxylic acids is 1. The average molecular weight is 568 g/mol. The van der Waals surface area contributed by atoms with E-state index in [1.165, 1.54) is 29.8 Å². The van der Waals surface area contributed by atoms with E-state index in [0.717, 1.165) is 5.56 Å². The predicted octanol–water partition coefficient (Wildman–Crippen LogP) is 6.16. The Labute approximate surface area is 231 Å². The third-order valence-electron chi connectivity index (χ3n) is 5.56. The molecule has 0 aromatic heterocycles. The van der Waals surface area contributed by atoms with Gasteiger partial charge in [0.15, 0.2) is 0 Å². The Hall–Kier alpha value is -3.85. The van der Waals surface area contributed by atoms with Crippen LogP contribution in [0.15, 0.2) is 107 Å². The summed E-state index contributed by atoms with van der Waals surface area (Å²) in [5.74, 6) is -0.0573. The molecule has 0 radical (unpaired) electrons. The molecule has 0 atom stereocenters. The van der Waals surface area contributed by atoms with Gasteiger partial charge in [0, 0.05) is 0 Å². The summed E-state index contributed by atoms with van der Waals surface area (Å²) in [6, 6.07) is 26.6. The van der Waals surface area contributed by atoms with Crippen molar-refractivity contribution in [3.63, 3.8) is 0 Å². The number of hydrogen-bond donors (Lipinski definition) is 1. The van der Waals surface area contributed by atoms with Crippen molar-refractivity contribution in [2.45, 2.75) is 11.4 Å². The van der Waals surface area contributed by atoms with Crippen molar-refractivity contribution in [3.05, 3.63) is 124 Å². The maximum atomic E-state index is 13.9. The number of nitrogens with one attached hydrogen (secondary N) is 1. The molecular weight excluding hydrogens is 545 g/mol. The summed E-state index contributed by atoms with van der Waals surface area (Å²) in [6.45, 7) is 0.00599. The summed E-state index contributed by atoms with van der Waals surface area (Å²) >= 11 is 12.0. The van der Waals surface area contributed by atoms with E-state index in [1.54, 1.807) is 54.6 Å². The summed E-state index contributed by atoms with van der Waals surface area (Å²) in [5, 5.41) is 4.76. The van der Waals surface area contributed by atoms with Crippen LogP contribution in [0.3, 0.4) is 0 Å². The minimum atomic E-state index is -4.07. The van der Waals surface area contributed by atoms with E-state index in [2.05, 4.69) is 10.5 Å². The van der Waals surface area contributed by atoms with Gasteiger partial charge in [0.05, 0.1) is 46.1 Å². The molecule has 0 unspecified atom stereocenters. The van der Waals surface area contributed by atoms with Gasteiger partial charge in [-0.1, -0.05) is 71.7 Å². The van der Waals surface area contributed by atoms with Crippen molar-refractivity contribution in [2.75, 3.05) is 11.4 Å². The highest BCUT2D eigenvalue weighted by Crippen LogP contribution is 2.30. The average Bonchev–Trinajstić information content (AvgIpc) is 2.94. The number of sulfonamides is 1. The second-order valence-corrected chi connectivity index (χ2v) is 10.7. The van der Waals surface area contributed by atoms with Gasteiger partial charge in [0.1, 0.15) is 5.75 Å². The summed E-state index contributed by atoms with van der Waals surface area (Å²) in [4.78, 5) is 13.2. The monoisotopic (exact) mass is 567 g/mol. The maximum Gasteiger partial charge on any atom is 0.273 e. The molecule has 0 spiro atoms. The Morgan fingerprint density at radius 1 is 0.921 bits per heavy atom. The molecule has 1 N–H and O–H groups in total. The normalized spacial score (nSPS) is 11.3. The largest absolute Gasteiger partial charge is 0.497 e. The van der Waals surface area contributed by atoms with Crippen molar-refractivity contribution in [3.8, 4) is 5.75 Å². The van der Waals surface area contributed by atoms with Gasteiger partial charge in [0.25, 0.3) is 15.9 Å². The SMILES string of the molecule is COc1ccc(S(=O)(=O)N(Cc2ccccc2)c2ccccc2C(=O)N/N=C\c2ccc(Cl)c(Cl)c2)cc1. The lowest BCUT2D eigenvalue weighted by molar-refractivity contribution is 0.0955. The zero-order chi connectivity index (χ0) is 27.1. The molecule has 194 valence electrons. The molecule has 7 nitrogen and oxygen atoms in total. The van der Waals surface area contributed by atoms with Crippen molar-refractivity contribution in [2.24, 2.45) is 5.10 Å². The van der Waals surface area contributed by atoms with Crippen LogP contribution < -0.4 is 14.5 Å². The summed E-state index contributed by atoms with van der Waals surface area (Å²) in [5.41, 5.74) is 4.17. The van der Waals surface area contributed by atoms with E-state index < -0.39 is 15.9 Å². The Kier molecular flexibility index (Phi) is 8.68. The molecule has 0 bridgehead atoms. The Balaban J connectivity index is 1.69. The molecule has 0 aliphatic carbocycles. The molecule has 4 rings (SSSR count). The van der Waals surface area contributed by atoms with Gasteiger partial charge in [-0.05, 0) is 59.7 Å². The number of amides is 1. The molecule has 0 aliphatic heterocycles. The number of carbonyl (C=O) groups is 1. The molecule has 0 aliphatic rings. The van der Waals surface area contributed by atoms with Crippen LogP contribution >= 0.6 is 23.2 Å². The minimum absolute atomic E-state index is 0.00599. The number of para-hydroxylation sites is 1. The predicted molar refractivity (Wildman–Crippen MR) is 151 cm³/mol. The van der Waals surface area contributed by atoms with Crippen LogP contribution in [0.4, 0.5) is 5.69 Å². The molecule has 4 aromatic rings. The number of hydrazone groups is 1. The summed E-state index contributed by atoms with van der Waals surface area (Å²) in [7, 11) is -2.57. The van der Waals surface area contributed by atoms with Crippen LogP contribution in [0, 0.1) is 0 Å². The van der Waals surface area contributed by atoms with E-state index in [1.807, 2.05) is 30.3 Å². The maximum absolute atomic E-state index is 13.9. The van der Waals surface area contributed by atoms with E-state index in [-0.39, 0.29) is 22.7 Å². The second-order valence-electron chi connectivity index (χ2n) is 8.06. The van der Waals surface area contributed by atoms with Gasteiger partial charge >= 0.3 is 0 Å². The van der Waals surface area contributed by atoms with Crippen LogP contribution in [0.1, 0.15) is 21.5 Å². The first kappa shape index (κ1) is 27.2. The Morgan fingerprint density at radius 3 is 2.29 bits per heavy atom. The van der Waals surface area contributed by atoms with Crippen molar-refractivity contribution in [1.82, 2.24) is 5.43 Å². The number of nitrogens with zero attached hydrogens (tertiary/aromatic N) is 2. The van der Waals surface area contributed by atoms with E-state index in [9.17, 15) is 13.2 Å².